The molecule has 150 valence electrons. The summed E-state index contributed by atoms with van der Waals surface area (Å²) < 4.78 is 5.64. The van der Waals surface area contributed by atoms with Crippen LogP contribution in [-0.2, 0) is 14.4 Å². The number of rotatable bonds is 5. The predicted octanol–water partition coefficient (Wildman–Crippen LogP) is 1.52. The van der Waals surface area contributed by atoms with E-state index in [1.54, 1.807) is 4.90 Å². The normalized spacial score (nSPS) is 22.5. The second kappa shape index (κ2) is 7.81. The van der Waals surface area contributed by atoms with E-state index in [2.05, 4.69) is 0 Å². The Hall–Kier alpha value is -2.57. The molecular weight excluding hydrogens is 358 g/mol. The molecule has 2 saturated heterocycles. The highest BCUT2D eigenvalue weighted by Gasteiger charge is 2.40. The molecule has 0 radical (unpaired) electrons. The first-order valence-electron chi connectivity index (χ1n) is 10.2. The molecule has 2 aliphatic heterocycles. The lowest BCUT2D eigenvalue weighted by Crippen LogP contribution is -2.52. The van der Waals surface area contributed by atoms with Gasteiger partial charge < -0.3 is 19.4 Å². The number of hydrogen-bond donors (Lipinski definition) is 0. The fraction of sp³-hybridized carbons (Fsp3) is 0.571. The van der Waals surface area contributed by atoms with Gasteiger partial charge in [-0.2, -0.15) is 0 Å². The van der Waals surface area contributed by atoms with Crippen LogP contribution in [-0.4, -0.2) is 66.9 Å². The second-order valence-electron chi connectivity index (χ2n) is 7.73. The molecule has 0 spiro atoms. The molecular formula is C21H27N3O4. The summed E-state index contributed by atoms with van der Waals surface area (Å²) in [7, 11) is 0. The Morgan fingerprint density at radius 3 is 2.21 bits per heavy atom. The number of ether oxygens (including phenoxy) is 1. The third-order valence-electron chi connectivity index (χ3n) is 5.76. The average Bonchev–Trinajstić information content (AvgIpc) is 3.50. The zero-order chi connectivity index (χ0) is 19.7. The summed E-state index contributed by atoms with van der Waals surface area (Å²) in [5, 5.41) is 0. The van der Waals surface area contributed by atoms with Crippen LogP contribution in [0.2, 0.25) is 0 Å². The second-order valence-corrected chi connectivity index (χ2v) is 7.73. The maximum absolute atomic E-state index is 13.0. The van der Waals surface area contributed by atoms with Gasteiger partial charge in [0.1, 0.15) is 5.75 Å². The van der Waals surface area contributed by atoms with Gasteiger partial charge in [-0.05, 0) is 31.9 Å². The van der Waals surface area contributed by atoms with Gasteiger partial charge in [-0.25, -0.2) is 0 Å². The molecule has 1 aromatic carbocycles. The van der Waals surface area contributed by atoms with Crippen molar-refractivity contribution in [2.24, 2.45) is 11.8 Å². The Labute approximate surface area is 165 Å². The van der Waals surface area contributed by atoms with E-state index in [1.165, 1.54) is 0 Å². The van der Waals surface area contributed by atoms with Crippen molar-refractivity contribution in [2.75, 3.05) is 44.2 Å². The van der Waals surface area contributed by atoms with Crippen LogP contribution in [0.25, 0.3) is 0 Å². The number of amides is 3. The largest absolute Gasteiger partial charge is 0.492 e. The van der Waals surface area contributed by atoms with E-state index in [0.29, 0.717) is 45.1 Å². The molecule has 0 aromatic heterocycles. The molecule has 7 heteroatoms. The fourth-order valence-corrected chi connectivity index (χ4v) is 4.06. The summed E-state index contributed by atoms with van der Waals surface area (Å²) in [5.41, 5.74) is 0.726. The molecule has 28 heavy (non-hydrogen) atoms. The van der Waals surface area contributed by atoms with E-state index in [0.717, 1.165) is 18.5 Å². The Bertz CT molecular complexity index is 769. The summed E-state index contributed by atoms with van der Waals surface area (Å²) in [6.07, 6.45) is 2.23. The molecule has 4 rings (SSSR count). The van der Waals surface area contributed by atoms with Gasteiger partial charge in [-0.3, -0.25) is 14.4 Å². The highest BCUT2D eigenvalue weighted by molar-refractivity contribution is 6.01. The van der Waals surface area contributed by atoms with Gasteiger partial charge >= 0.3 is 0 Å². The van der Waals surface area contributed by atoms with E-state index < -0.39 is 0 Å². The van der Waals surface area contributed by atoms with Crippen LogP contribution in [0.5, 0.6) is 5.75 Å². The molecule has 3 fully saturated rings. The summed E-state index contributed by atoms with van der Waals surface area (Å²) in [6, 6.07) is 7.45. The molecule has 3 aliphatic rings. The van der Waals surface area contributed by atoms with Crippen molar-refractivity contribution in [2.45, 2.75) is 26.2 Å². The van der Waals surface area contributed by atoms with E-state index in [1.807, 2.05) is 41.0 Å². The Morgan fingerprint density at radius 2 is 1.61 bits per heavy atom. The summed E-state index contributed by atoms with van der Waals surface area (Å²) in [5.74, 6) is 0.748. The number of carbonyl (C=O) groups excluding carboxylic acids is 3. The topological polar surface area (TPSA) is 70.2 Å². The van der Waals surface area contributed by atoms with Gasteiger partial charge in [0.15, 0.2) is 0 Å². The number of para-hydroxylation sites is 2. The molecule has 0 bridgehead atoms. The lowest BCUT2D eigenvalue weighted by atomic mass is 10.1. The van der Waals surface area contributed by atoms with Crippen molar-refractivity contribution in [3.63, 3.8) is 0 Å². The van der Waals surface area contributed by atoms with Gasteiger partial charge in [0.2, 0.25) is 17.7 Å². The van der Waals surface area contributed by atoms with E-state index >= 15 is 0 Å². The van der Waals surface area contributed by atoms with E-state index in [-0.39, 0.29) is 36.0 Å². The van der Waals surface area contributed by atoms with Crippen molar-refractivity contribution in [1.29, 1.82) is 0 Å². The highest BCUT2D eigenvalue weighted by atomic mass is 16.5. The maximum atomic E-state index is 13.0. The number of benzene rings is 1. The molecule has 1 aromatic rings. The van der Waals surface area contributed by atoms with Crippen LogP contribution in [0, 0.1) is 11.8 Å². The van der Waals surface area contributed by atoms with Gasteiger partial charge in [0.25, 0.3) is 0 Å². The lowest BCUT2D eigenvalue weighted by Gasteiger charge is -2.36. The van der Waals surface area contributed by atoms with Gasteiger partial charge in [-0.15, -0.1) is 0 Å². The molecule has 1 atom stereocenters. The number of carbonyl (C=O) groups is 3. The van der Waals surface area contributed by atoms with E-state index in [9.17, 15) is 14.4 Å². The van der Waals surface area contributed by atoms with Crippen LogP contribution >= 0.6 is 0 Å². The molecule has 0 N–H and O–H groups in total. The predicted molar refractivity (Wildman–Crippen MR) is 104 cm³/mol. The smallest absolute Gasteiger partial charge is 0.228 e. The lowest BCUT2D eigenvalue weighted by molar-refractivity contribution is -0.142. The van der Waals surface area contributed by atoms with Crippen molar-refractivity contribution < 1.29 is 19.1 Å². The first-order chi connectivity index (χ1) is 13.6. The third kappa shape index (κ3) is 3.70. The number of nitrogens with zero attached hydrogens (tertiary/aromatic N) is 3. The number of hydrogen-bond acceptors (Lipinski definition) is 4. The first kappa shape index (κ1) is 18.8. The molecule has 1 saturated carbocycles. The van der Waals surface area contributed by atoms with Crippen LogP contribution in [0.4, 0.5) is 5.69 Å². The maximum Gasteiger partial charge on any atom is 0.228 e. The highest BCUT2D eigenvalue weighted by Crippen LogP contribution is 2.34. The van der Waals surface area contributed by atoms with Crippen LogP contribution in [0.15, 0.2) is 24.3 Å². The molecule has 1 aliphatic carbocycles. The van der Waals surface area contributed by atoms with Gasteiger partial charge in [0.05, 0.1) is 18.2 Å². The van der Waals surface area contributed by atoms with Crippen LogP contribution in [0.1, 0.15) is 26.2 Å². The Morgan fingerprint density at radius 1 is 1.00 bits per heavy atom. The first-order valence-corrected chi connectivity index (χ1v) is 10.2. The van der Waals surface area contributed by atoms with E-state index in [4.69, 9.17) is 4.74 Å². The number of anilines is 1. The molecule has 2 heterocycles. The minimum absolute atomic E-state index is 0.0169. The zero-order valence-electron chi connectivity index (χ0n) is 16.3. The summed E-state index contributed by atoms with van der Waals surface area (Å²) >= 11 is 0. The fourth-order valence-electron chi connectivity index (χ4n) is 4.06. The molecule has 3 amide bonds. The van der Waals surface area contributed by atoms with Crippen molar-refractivity contribution >= 4 is 23.4 Å². The average molecular weight is 385 g/mol. The summed E-state index contributed by atoms with van der Waals surface area (Å²) in [6.45, 7) is 5.10. The molecule has 7 nitrogen and oxygen atoms in total. The SMILES string of the molecule is CCOc1ccccc1N1C[C@H](C(=O)N2CCN(C(=O)C3CC3)CC2)CC1=O. The Kier molecular flexibility index (Phi) is 5.24. The number of piperazine rings is 1. The van der Waals surface area contributed by atoms with Gasteiger partial charge in [0, 0.05) is 45.1 Å². The monoisotopic (exact) mass is 385 g/mol. The standard InChI is InChI=1S/C21H27N3O4/c1-2-28-18-6-4-3-5-17(18)24-14-16(13-19(24)25)21(27)23-11-9-22(10-12-23)20(26)15-7-8-15/h3-6,15-16H,2,7-14H2,1H3/t16-/m1/s1. The van der Waals surface area contributed by atoms with Crippen molar-refractivity contribution in [3.8, 4) is 5.75 Å². The van der Waals surface area contributed by atoms with Crippen molar-refractivity contribution in [3.05, 3.63) is 24.3 Å². The Balaban J connectivity index is 1.37. The van der Waals surface area contributed by atoms with Crippen LogP contribution in [0.3, 0.4) is 0 Å². The van der Waals surface area contributed by atoms with Crippen LogP contribution < -0.4 is 9.64 Å². The molecule has 0 unspecified atom stereocenters. The zero-order valence-corrected chi connectivity index (χ0v) is 16.3. The quantitative estimate of drug-likeness (QED) is 0.771. The minimum atomic E-state index is -0.340. The summed E-state index contributed by atoms with van der Waals surface area (Å²) in [4.78, 5) is 43.1. The van der Waals surface area contributed by atoms with Crippen molar-refractivity contribution in [1.82, 2.24) is 9.80 Å². The minimum Gasteiger partial charge on any atom is -0.492 e. The third-order valence-corrected chi connectivity index (χ3v) is 5.76. The van der Waals surface area contributed by atoms with Gasteiger partial charge in [-0.1, -0.05) is 12.1 Å².